The van der Waals surface area contributed by atoms with Gasteiger partial charge in [0.25, 0.3) is 0 Å². The van der Waals surface area contributed by atoms with Gasteiger partial charge in [-0.1, -0.05) is 48.0 Å². The number of hydrogen-bond donors (Lipinski definition) is 0. The van der Waals surface area contributed by atoms with Gasteiger partial charge in [0.1, 0.15) is 5.78 Å². The van der Waals surface area contributed by atoms with E-state index in [2.05, 4.69) is 0 Å². The summed E-state index contributed by atoms with van der Waals surface area (Å²) in [6, 6.07) is 15.5. The fourth-order valence-corrected chi connectivity index (χ4v) is 2.17. The number of halogens is 1. The van der Waals surface area contributed by atoms with Gasteiger partial charge >= 0.3 is 0 Å². The minimum atomic E-state index is 0.214. The lowest BCUT2D eigenvalue weighted by Gasteiger charge is -2.05. The minimum absolute atomic E-state index is 0.214. The van der Waals surface area contributed by atoms with Crippen LogP contribution in [0.15, 0.2) is 48.5 Å². The molecule has 0 bridgehead atoms. The second kappa shape index (κ2) is 5.83. The van der Waals surface area contributed by atoms with Crippen molar-refractivity contribution < 1.29 is 4.79 Å². The highest BCUT2D eigenvalue weighted by Crippen LogP contribution is 2.13. The van der Waals surface area contributed by atoms with Crippen LogP contribution < -0.4 is 0 Å². The van der Waals surface area contributed by atoms with E-state index in [0.29, 0.717) is 17.9 Å². The highest BCUT2D eigenvalue weighted by atomic mass is 35.5. The second-order valence-electron chi connectivity index (χ2n) is 4.45. The van der Waals surface area contributed by atoms with Crippen LogP contribution in [0.5, 0.6) is 0 Å². The molecule has 0 saturated carbocycles. The summed E-state index contributed by atoms with van der Waals surface area (Å²) in [5.74, 6) is 0.214. The topological polar surface area (TPSA) is 17.1 Å². The predicted molar refractivity (Wildman–Crippen MR) is 75.0 cm³/mol. The maximum atomic E-state index is 12.0. The van der Waals surface area contributed by atoms with Crippen molar-refractivity contribution in [1.29, 1.82) is 0 Å². The molecule has 18 heavy (non-hydrogen) atoms. The summed E-state index contributed by atoms with van der Waals surface area (Å²) in [7, 11) is 0. The molecule has 0 amide bonds. The van der Waals surface area contributed by atoms with Crippen LogP contribution in [0.1, 0.15) is 16.7 Å². The Labute approximate surface area is 112 Å². The Morgan fingerprint density at radius 2 is 1.83 bits per heavy atom. The van der Waals surface area contributed by atoms with Crippen LogP contribution in [0.4, 0.5) is 0 Å². The lowest BCUT2D eigenvalue weighted by molar-refractivity contribution is -0.117. The molecule has 0 aliphatic carbocycles. The minimum Gasteiger partial charge on any atom is -0.299 e. The lowest BCUT2D eigenvalue weighted by Crippen LogP contribution is -2.07. The van der Waals surface area contributed by atoms with Crippen LogP contribution in [-0.4, -0.2) is 5.78 Å². The molecule has 0 radical (unpaired) electrons. The third-order valence-corrected chi connectivity index (χ3v) is 3.17. The summed E-state index contributed by atoms with van der Waals surface area (Å²) in [6.45, 7) is 2.03. The number of carbonyl (C=O) groups is 1. The van der Waals surface area contributed by atoms with Crippen LogP contribution in [0.3, 0.4) is 0 Å². The van der Waals surface area contributed by atoms with Gasteiger partial charge in [0.2, 0.25) is 0 Å². The molecule has 2 heteroatoms. The van der Waals surface area contributed by atoms with Crippen molar-refractivity contribution in [2.24, 2.45) is 0 Å². The normalized spacial score (nSPS) is 10.3. The standard InChI is InChI=1S/C16H15ClO/c1-12-5-2-3-7-14(12)11-16(18)10-13-6-4-8-15(17)9-13/h2-9H,10-11H2,1H3. The zero-order valence-electron chi connectivity index (χ0n) is 10.3. The molecule has 2 rings (SSSR count). The van der Waals surface area contributed by atoms with Crippen molar-refractivity contribution >= 4 is 17.4 Å². The lowest BCUT2D eigenvalue weighted by atomic mass is 10.00. The number of benzene rings is 2. The maximum absolute atomic E-state index is 12.0. The molecule has 2 aromatic rings. The van der Waals surface area contributed by atoms with E-state index in [1.165, 1.54) is 0 Å². The Balaban J connectivity index is 2.03. The zero-order valence-corrected chi connectivity index (χ0v) is 11.1. The number of carbonyl (C=O) groups excluding carboxylic acids is 1. The van der Waals surface area contributed by atoms with Gasteiger partial charge in [0.15, 0.2) is 0 Å². The van der Waals surface area contributed by atoms with Gasteiger partial charge in [-0.05, 0) is 35.7 Å². The van der Waals surface area contributed by atoms with E-state index < -0.39 is 0 Å². The molecule has 0 unspecified atom stereocenters. The van der Waals surface area contributed by atoms with E-state index in [0.717, 1.165) is 16.7 Å². The van der Waals surface area contributed by atoms with Gasteiger partial charge in [0, 0.05) is 17.9 Å². The Bertz CT molecular complexity index is 561. The monoisotopic (exact) mass is 258 g/mol. The molecule has 0 aromatic heterocycles. The highest BCUT2D eigenvalue weighted by molar-refractivity contribution is 6.30. The average Bonchev–Trinajstić information content (AvgIpc) is 2.32. The van der Waals surface area contributed by atoms with Crippen LogP contribution in [0.25, 0.3) is 0 Å². The Morgan fingerprint density at radius 3 is 2.56 bits per heavy atom. The number of aryl methyl sites for hydroxylation is 1. The van der Waals surface area contributed by atoms with E-state index in [1.54, 1.807) is 0 Å². The summed E-state index contributed by atoms with van der Waals surface area (Å²) in [4.78, 5) is 12.0. The molecule has 0 spiro atoms. The molecule has 1 nitrogen and oxygen atoms in total. The van der Waals surface area contributed by atoms with Crippen molar-refractivity contribution in [3.63, 3.8) is 0 Å². The molecule has 0 atom stereocenters. The molecule has 92 valence electrons. The molecule has 0 heterocycles. The van der Waals surface area contributed by atoms with Crippen LogP contribution >= 0.6 is 11.6 Å². The molecule has 0 N–H and O–H groups in total. The summed E-state index contributed by atoms with van der Waals surface area (Å²) in [5.41, 5.74) is 3.24. The summed E-state index contributed by atoms with van der Waals surface area (Å²) in [6.07, 6.45) is 0.925. The van der Waals surface area contributed by atoms with Gasteiger partial charge in [-0.2, -0.15) is 0 Å². The first-order valence-electron chi connectivity index (χ1n) is 5.96. The van der Waals surface area contributed by atoms with Gasteiger partial charge < -0.3 is 0 Å². The van der Waals surface area contributed by atoms with Crippen molar-refractivity contribution in [3.05, 3.63) is 70.2 Å². The van der Waals surface area contributed by atoms with Crippen molar-refractivity contribution in [1.82, 2.24) is 0 Å². The van der Waals surface area contributed by atoms with Gasteiger partial charge in [0.05, 0.1) is 0 Å². The average molecular weight is 259 g/mol. The van der Waals surface area contributed by atoms with E-state index in [1.807, 2.05) is 55.5 Å². The summed E-state index contributed by atoms with van der Waals surface area (Å²) in [5, 5.41) is 0.677. The fourth-order valence-electron chi connectivity index (χ4n) is 1.96. The maximum Gasteiger partial charge on any atom is 0.141 e. The zero-order chi connectivity index (χ0) is 13.0. The van der Waals surface area contributed by atoms with Crippen LogP contribution in [-0.2, 0) is 17.6 Å². The van der Waals surface area contributed by atoms with Crippen molar-refractivity contribution in [2.45, 2.75) is 19.8 Å². The van der Waals surface area contributed by atoms with E-state index in [9.17, 15) is 4.79 Å². The molecule has 0 fully saturated rings. The Hall–Kier alpha value is -1.60. The third-order valence-electron chi connectivity index (χ3n) is 2.94. The van der Waals surface area contributed by atoms with Crippen molar-refractivity contribution in [3.8, 4) is 0 Å². The van der Waals surface area contributed by atoms with Crippen LogP contribution in [0, 0.1) is 6.92 Å². The SMILES string of the molecule is Cc1ccccc1CC(=O)Cc1cccc(Cl)c1. The van der Waals surface area contributed by atoms with E-state index in [4.69, 9.17) is 11.6 Å². The summed E-state index contributed by atoms with van der Waals surface area (Å²) < 4.78 is 0. The van der Waals surface area contributed by atoms with E-state index in [-0.39, 0.29) is 5.78 Å². The third kappa shape index (κ3) is 3.44. The first-order valence-corrected chi connectivity index (χ1v) is 6.33. The van der Waals surface area contributed by atoms with Crippen molar-refractivity contribution in [2.75, 3.05) is 0 Å². The number of ketones is 1. The first-order chi connectivity index (χ1) is 8.65. The predicted octanol–water partition coefficient (Wildman–Crippen LogP) is 4.00. The summed E-state index contributed by atoms with van der Waals surface area (Å²) >= 11 is 5.90. The number of Topliss-reactive ketones (excluding diaryl/α,β-unsaturated/α-hetero) is 1. The van der Waals surface area contributed by atoms with Gasteiger partial charge in [-0.15, -0.1) is 0 Å². The quantitative estimate of drug-likeness (QED) is 0.810. The van der Waals surface area contributed by atoms with Crippen LogP contribution in [0.2, 0.25) is 5.02 Å². The molecule has 0 aliphatic heterocycles. The molecule has 2 aromatic carbocycles. The van der Waals surface area contributed by atoms with E-state index >= 15 is 0 Å². The number of rotatable bonds is 4. The molecular formula is C16H15ClO. The molecular weight excluding hydrogens is 244 g/mol. The molecule has 0 aliphatic rings. The largest absolute Gasteiger partial charge is 0.299 e. The first kappa shape index (κ1) is 12.8. The second-order valence-corrected chi connectivity index (χ2v) is 4.89. The smallest absolute Gasteiger partial charge is 0.141 e. The fraction of sp³-hybridized carbons (Fsp3) is 0.188. The van der Waals surface area contributed by atoms with Gasteiger partial charge in [-0.25, -0.2) is 0 Å². The highest BCUT2D eigenvalue weighted by Gasteiger charge is 2.07. The number of hydrogen-bond acceptors (Lipinski definition) is 1. The Kier molecular flexibility index (Phi) is 4.16. The molecule has 0 saturated heterocycles. The van der Waals surface area contributed by atoms with Gasteiger partial charge in [-0.3, -0.25) is 4.79 Å². The Morgan fingerprint density at radius 1 is 1.06 bits per heavy atom.